The van der Waals surface area contributed by atoms with Crippen LogP contribution in [-0.4, -0.2) is 40.9 Å². The molecule has 21 heavy (non-hydrogen) atoms. The number of likely N-dealkylation sites (tertiary alicyclic amines) is 1. The monoisotopic (exact) mass is 284 g/mol. The Morgan fingerprint density at radius 2 is 2.10 bits per heavy atom. The molecule has 2 unspecified atom stereocenters. The van der Waals surface area contributed by atoms with Crippen molar-refractivity contribution in [2.45, 2.75) is 25.9 Å². The van der Waals surface area contributed by atoms with Crippen molar-refractivity contribution in [1.29, 1.82) is 0 Å². The van der Waals surface area contributed by atoms with E-state index in [1.807, 2.05) is 29.1 Å². The average molecular weight is 284 g/mol. The highest BCUT2D eigenvalue weighted by Crippen LogP contribution is 2.16. The molecule has 1 N–H and O–H groups in total. The van der Waals surface area contributed by atoms with Crippen LogP contribution in [0.4, 0.5) is 0 Å². The predicted octanol–water partition coefficient (Wildman–Crippen LogP) is 2.30. The molecule has 0 spiro atoms. The molecular formula is C17H24N4. The second kappa shape index (κ2) is 6.41. The summed E-state index contributed by atoms with van der Waals surface area (Å²) in [6, 6.07) is 10.9. The largest absolute Gasteiger partial charge is 0.309 e. The molecule has 2 atom stereocenters. The molecule has 1 aliphatic rings. The van der Waals surface area contributed by atoms with E-state index >= 15 is 0 Å². The molecule has 1 saturated heterocycles. The molecule has 0 saturated carbocycles. The maximum atomic E-state index is 4.45. The Bertz CT molecular complexity index is 563. The Morgan fingerprint density at radius 3 is 2.86 bits per heavy atom. The number of benzene rings is 1. The molecule has 1 fully saturated rings. The van der Waals surface area contributed by atoms with Gasteiger partial charge >= 0.3 is 0 Å². The first-order valence-corrected chi connectivity index (χ1v) is 7.73. The Kier molecular flexibility index (Phi) is 4.36. The van der Waals surface area contributed by atoms with Crippen molar-refractivity contribution in [3.05, 3.63) is 48.3 Å². The summed E-state index contributed by atoms with van der Waals surface area (Å²) in [4.78, 5) is 2.41. The molecule has 2 heterocycles. The van der Waals surface area contributed by atoms with Gasteiger partial charge in [0.25, 0.3) is 0 Å². The summed E-state index contributed by atoms with van der Waals surface area (Å²) in [5, 5.41) is 8.14. The highest BCUT2D eigenvalue weighted by atomic mass is 15.3. The van der Waals surface area contributed by atoms with Crippen LogP contribution in [0.25, 0.3) is 5.69 Å². The summed E-state index contributed by atoms with van der Waals surface area (Å²) < 4.78 is 1.94. The van der Waals surface area contributed by atoms with Crippen LogP contribution in [0, 0.1) is 5.92 Å². The Labute approximate surface area is 126 Å². The van der Waals surface area contributed by atoms with E-state index in [4.69, 9.17) is 0 Å². The van der Waals surface area contributed by atoms with Gasteiger partial charge in [-0.1, -0.05) is 25.1 Å². The van der Waals surface area contributed by atoms with E-state index in [-0.39, 0.29) is 0 Å². The van der Waals surface area contributed by atoms with E-state index in [0.717, 1.165) is 12.2 Å². The van der Waals surface area contributed by atoms with E-state index in [2.05, 4.69) is 47.6 Å². The third-order valence-corrected chi connectivity index (χ3v) is 4.33. The number of hydrogen-bond acceptors (Lipinski definition) is 3. The molecule has 0 amide bonds. The molecule has 1 aliphatic heterocycles. The zero-order valence-corrected chi connectivity index (χ0v) is 12.9. The molecule has 0 aliphatic carbocycles. The van der Waals surface area contributed by atoms with Gasteiger partial charge in [-0.25, -0.2) is 4.68 Å². The molecule has 2 aromatic rings. The maximum absolute atomic E-state index is 4.45. The third-order valence-electron chi connectivity index (χ3n) is 4.33. The molecule has 1 aromatic carbocycles. The lowest BCUT2D eigenvalue weighted by Crippen LogP contribution is -2.46. The summed E-state index contributed by atoms with van der Waals surface area (Å²) in [6.45, 7) is 5.60. The van der Waals surface area contributed by atoms with Crippen LogP contribution in [0.3, 0.4) is 0 Å². The van der Waals surface area contributed by atoms with Crippen LogP contribution in [0.15, 0.2) is 42.7 Å². The number of rotatable bonds is 4. The van der Waals surface area contributed by atoms with Crippen LogP contribution in [0.2, 0.25) is 0 Å². The summed E-state index contributed by atoms with van der Waals surface area (Å²) >= 11 is 0. The van der Waals surface area contributed by atoms with Crippen LogP contribution in [-0.2, 0) is 6.54 Å². The minimum absolute atomic E-state index is 0.612. The fourth-order valence-corrected chi connectivity index (χ4v) is 3.08. The molecule has 0 radical (unpaired) electrons. The van der Waals surface area contributed by atoms with Crippen molar-refractivity contribution in [1.82, 2.24) is 20.0 Å². The summed E-state index contributed by atoms with van der Waals surface area (Å²) in [5.41, 5.74) is 2.35. The first-order chi connectivity index (χ1) is 10.2. The number of para-hydroxylation sites is 1. The maximum Gasteiger partial charge on any atom is 0.0645 e. The highest BCUT2D eigenvalue weighted by molar-refractivity contribution is 5.30. The van der Waals surface area contributed by atoms with Crippen molar-refractivity contribution >= 4 is 0 Å². The van der Waals surface area contributed by atoms with E-state index in [1.165, 1.54) is 25.1 Å². The van der Waals surface area contributed by atoms with E-state index < -0.39 is 0 Å². The highest BCUT2D eigenvalue weighted by Gasteiger charge is 2.23. The minimum Gasteiger partial charge on any atom is -0.309 e. The van der Waals surface area contributed by atoms with Crippen molar-refractivity contribution < 1.29 is 0 Å². The van der Waals surface area contributed by atoms with Gasteiger partial charge in [-0.15, -0.1) is 0 Å². The average Bonchev–Trinajstić information content (AvgIpc) is 2.96. The van der Waals surface area contributed by atoms with Crippen molar-refractivity contribution in [2.75, 3.05) is 20.1 Å². The van der Waals surface area contributed by atoms with Gasteiger partial charge in [0.15, 0.2) is 0 Å². The Balaban J connectivity index is 1.58. The fourth-order valence-electron chi connectivity index (χ4n) is 3.08. The quantitative estimate of drug-likeness (QED) is 0.935. The summed E-state index contributed by atoms with van der Waals surface area (Å²) in [5.74, 6) is 0.702. The molecule has 3 rings (SSSR count). The Morgan fingerprint density at radius 1 is 1.29 bits per heavy atom. The van der Waals surface area contributed by atoms with Gasteiger partial charge in [0, 0.05) is 30.9 Å². The molecule has 4 nitrogen and oxygen atoms in total. The SMILES string of the molecule is CC1CN(C)CCC1NCc1cnn(-c2ccccc2)c1. The standard InChI is InChI=1S/C17H24N4/c1-14-12-20(2)9-8-17(14)18-10-15-11-19-21(13-15)16-6-4-3-5-7-16/h3-7,11,13-14,17-18H,8-10,12H2,1-2H3. The van der Waals surface area contributed by atoms with E-state index in [0.29, 0.717) is 12.0 Å². The number of aromatic nitrogens is 2. The topological polar surface area (TPSA) is 33.1 Å². The van der Waals surface area contributed by atoms with Gasteiger partial charge < -0.3 is 10.2 Å². The second-order valence-electron chi connectivity index (χ2n) is 6.14. The van der Waals surface area contributed by atoms with Gasteiger partial charge in [-0.05, 0) is 38.1 Å². The van der Waals surface area contributed by atoms with Crippen molar-refractivity contribution in [3.63, 3.8) is 0 Å². The van der Waals surface area contributed by atoms with Gasteiger partial charge in [0.2, 0.25) is 0 Å². The van der Waals surface area contributed by atoms with Crippen LogP contribution >= 0.6 is 0 Å². The summed E-state index contributed by atoms with van der Waals surface area (Å²) in [6.07, 6.45) is 5.30. The number of nitrogens with zero attached hydrogens (tertiary/aromatic N) is 3. The van der Waals surface area contributed by atoms with Crippen LogP contribution < -0.4 is 5.32 Å². The third kappa shape index (κ3) is 3.52. The number of nitrogens with one attached hydrogen (secondary N) is 1. The van der Waals surface area contributed by atoms with Gasteiger partial charge in [0.1, 0.15) is 0 Å². The smallest absolute Gasteiger partial charge is 0.0645 e. The fraction of sp³-hybridized carbons (Fsp3) is 0.471. The first-order valence-electron chi connectivity index (χ1n) is 7.73. The van der Waals surface area contributed by atoms with Crippen molar-refractivity contribution in [2.24, 2.45) is 5.92 Å². The Hall–Kier alpha value is -1.65. The molecular weight excluding hydrogens is 260 g/mol. The van der Waals surface area contributed by atoms with Gasteiger partial charge in [0.05, 0.1) is 11.9 Å². The van der Waals surface area contributed by atoms with E-state index in [1.54, 1.807) is 0 Å². The summed E-state index contributed by atoms with van der Waals surface area (Å²) in [7, 11) is 2.20. The molecule has 0 bridgehead atoms. The molecule has 4 heteroatoms. The zero-order valence-electron chi connectivity index (χ0n) is 12.9. The predicted molar refractivity (Wildman–Crippen MR) is 85.5 cm³/mol. The van der Waals surface area contributed by atoms with Crippen LogP contribution in [0.1, 0.15) is 18.9 Å². The van der Waals surface area contributed by atoms with Gasteiger partial charge in [-0.2, -0.15) is 5.10 Å². The lowest BCUT2D eigenvalue weighted by atomic mass is 9.94. The number of piperidine rings is 1. The molecule has 1 aromatic heterocycles. The number of hydrogen-bond donors (Lipinski definition) is 1. The normalized spacial score (nSPS) is 23.3. The minimum atomic E-state index is 0.612. The first kappa shape index (κ1) is 14.3. The van der Waals surface area contributed by atoms with E-state index in [9.17, 15) is 0 Å². The lowest BCUT2D eigenvalue weighted by Gasteiger charge is -2.35. The zero-order chi connectivity index (χ0) is 14.7. The van der Waals surface area contributed by atoms with Crippen LogP contribution in [0.5, 0.6) is 0 Å². The van der Waals surface area contributed by atoms with Crippen molar-refractivity contribution in [3.8, 4) is 5.69 Å². The lowest BCUT2D eigenvalue weighted by molar-refractivity contribution is 0.174. The second-order valence-corrected chi connectivity index (χ2v) is 6.14. The molecule has 112 valence electrons. The van der Waals surface area contributed by atoms with Gasteiger partial charge in [-0.3, -0.25) is 0 Å².